The lowest BCUT2D eigenvalue weighted by Crippen LogP contribution is -2.39. The molecule has 0 aromatic carbocycles. The molecule has 1 aromatic heterocycles. The van der Waals surface area contributed by atoms with Gasteiger partial charge in [0, 0.05) is 25.2 Å². The lowest BCUT2D eigenvalue weighted by molar-refractivity contribution is -0.138. The quantitative estimate of drug-likeness (QED) is 0.929. The number of hydrogen-bond acceptors (Lipinski definition) is 3. The van der Waals surface area contributed by atoms with E-state index in [9.17, 15) is 9.59 Å². The molecule has 1 fully saturated rings. The highest BCUT2D eigenvalue weighted by molar-refractivity contribution is 5.95. The summed E-state index contributed by atoms with van der Waals surface area (Å²) in [6.07, 6.45) is 3.35. The monoisotopic (exact) mass is 307 g/mol. The SMILES string of the molecule is Cc1c(C(=O)N2CCC(CC(=O)O)CC2)cnn1C(C)(C)C. The molecule has 0 unspecified atom stereocenters. The maximum absolute atomic E-state index is 12.6. The number of aromatic nitrogens is 2. The molecule has 6 nitrogen and oxygen atoms in total. The number of aliphatic carboxylic acids is 1. The number of carbonyl (C=O) groups excluding carboxylic acids is 1. The van der Waals surface area contributed by atoms with Crippen molar-refractivity contribution >= 4 is 11.9 Å². The number of carboxylic acid groups (broad SMARTS) is 1. The number of carbonyl (C=O) groups is 2. The highest BCUT2D eigenvalue weighted by atomic mass is 16.4. The molecular weight excluding hydrogens is 282 g/mol. The summed E-state index contributed by atoms with van der Waals surface area (Å²) in [4.78, 5) is 25.2. The van der Waals surface area contributed by atoms with E-state index in [1.165, 1.54) is 0 Å². The zero-order valence-electron chi connectivity index (χ0n) is 13.8. The van der Waals surface area contributed by atoms with Crippen molar-refractivity contribution in [1.29, 1.82) is 0 Å². The van der Waals surface area contributed by atoms with Crippen molar-refractivity contribution in [1.82, 2.24) is 14.7 Å². The fraction of sp³-hybridized carbons (Fsp3) is 0.688. The van der Waals surface area contributed by atoms with Crippen LogP contribution in [0.5, 0.6) is 0 Å². The summed E-state index contributed by atoms with van der Waals surface area (Å²) in [5, 5.41) is 13.2. The summed E-state index contributed by atoms with van der Waals surface area (Å²) in [5.74, 6) is -0.575. The number of carboxylic acids is 1. The molecule has 1 N–H and O–H groups in total. The molecule has 1 aliphatic heterocycles. The molecule has 0 saturated carbocycles. The lowest BCUT2D eigenvalue weighted by atomic mass is 9.93. The zero-order chi connectivity index (χ0) is 16.5. The van der Waals surface area contributed by atoms with Crippen molar-refractivity contribution in [3.63, 3.8) is 0 Å². The minimum absolute atomic E-state index is 0.00164. The minimum atomic E-state index is -0.757. The molecule has 6 heteroatoms. The Kier molecular flexibility index (Phi) is 4.58. The van der Waals surface area contributed by atoms with Gasteiger partial charge in [-0.2, -0.15) is 5.10 Å². The van der Waals surface area contributed by atoms with Crippen LogP contribution in [0, 0.1) is 12.8 Å². The number of hydrogen-bond donors (Lipinski definition) is 1. The second-order valence-corrected chi connectivity index (χ2v) is 7.06. The summed E-state index contributed by atoms with van der Waals surface area (Å²) in [6, 6.07) is 0. The van der Waals surface area contributed by atoms with Gasteiger partial charge >= 0.3 is 5.97 Å². The maximum atomic E-state index is 12.6. The van der Waals surface area contributed by atoms with Gasteiger partial charge in [-0.1, -0.05) is 0 Å². The second kappa shape index (κ2) is 6.10. The molecule has 122 valence electrons. The van der Waals surface area contributed by atoms with Crippen LogP contribution in [0.4, 0.5) is 0 Å². The molecule has 22 heavy (non-hydrogen) atoms. The van der Waals surface area contributed by atoms with Crippen molar-refractivity contribution in [2.24, 2.45) is 5.92 Å². The molecule has 0 atom stereocenters. The van der Waals surface area contributed by atoms with Crippen molar-refractivity contribution in [2.45, 2.75) is 52.5 Å². The minimum Gasteiger partial charge on any atom is -0.481 e. The third-order valence-corrected chi connectivity index (χ3v) is 4.24. The molecule has 1 aliphatic rings. The number of piperidine rings is 1. The predicted molar refractivity (Wildman–Crippen MR) is 82.8 cm³/mol. The number of nitrogens with zero attached hydrogens (tertiary/aromatic N) is 3. The Balaban J connectivity index is 2.05. The van der Waals surface area contributed by atoms with Gasteiger partial charge in [-0.25, -0.2) is 0 Å². The topological polar surface area (TPSA) is 75.4 Å². The summed E-state index contributed by atoms with van der Waals surface area (Å²) in [7, 11) is 0. The molecule has 0 spiro atoms. The van der Waals surface area contributed by atoms with Crippen molar-refractivity contribution in [3.8, 4) is 0 Å². The van der Waals surface area contributed by atoms with Crippen molar-refractivity contribution < 1.29 is 14.7 Å². The van der Waals surface area contributed by atoms with Crippen LogP contribution in [0.25, 0.3) is 0 Å². The van der Waals surface area contributed by atoms with Crippen molar-refractivity contribution in [3.05, 3.63) is 17.5 Å². The average Bonchev–Trinajstić information content (AvgIpc) is 2.80. The van der Waals surface area contributed by atoms with E-state index < -0.39 is 5.97 Å². The Bertz CT molecular complexity index is 564. The van der Waals surface area contributed by atoms with Crippen LogP contribution in [0.15, 0.2) is 6.20 Å². The predicted octanol–water partition coefficient (Wildman–Crippen LogP) is 2.27. The van der Waals surface area contributed by atoms with E-state index in [1.807, 2.05) is 16.5 Å². The summed E-state index contributed by atoms with van der Waals surface area (Å²) >= 11 is 0. The highest BCUT2D eigenvalue weighted by Crippen LogP contribution is 2.24. The zero-order valence-corrected chi connectivity index (χ0v) is 13.8. The third-order valence-electron chi connectivity index (χ3n) is 4.24. The summed E-state index contributed by atoms with van der Waals surface area (Å²) in [6.45, 7) is 9.33. The average molecular weight is 307 g/mol. The number of likely N-dealkylation sites (tertiary alicyclic amines) is 1. The molecule has 0 aliphatic carbocycles. The first-order valence-electron chi connectivity index (χ1n) is 7.76. The van der Waals surface area contributed by atoms with Gasteiger partial charge in [-0.15, -0.1) is 0 Å². The first-order chi connectivity index (χ1) is 10.2. The van der Waals surface area contributed by atoms with Crippen LogP contribution in [-0.4, -0.2) is 44.8 Å². The molecule has 0 bridgehead atoms. The maximum Gasteiger partial charge on any atom is 0.303 e. The van der Waals surface area contributed by atoms with Crippen LogP contribution >= 0.6 is 0 Å². The van der Waals surface area contributed by atoms with Gasteiger partial charge in [-0.3, -0.25) is 14.3 Å². The third kappa shape index (κ3) is 3.48. The Labute approximate surface area is 131 Å². The molecule has 1 saturated heterocycles. The van der Waals surface area contributed by atoms with Gasteiger partial charge in [0.15, 0.2) is 0 Å². The van der Waals surface area contributed by atoms with E-state index in [-0.39, 0.29) is 23.8 Å². The fourth-order valence-electron chi connectivity index (χ4n) is 3.05. The first-order valence-corrected chi connectivity index (χ1v) is 7.76. The smallest absolute Gasteiger partial charge is 0.303 e. The van der Waals surface area contributed by atoms with E-state index in [0.29, 0.717) is 18.7 Å². The Morgan fingerprint density at radius 2 is 1.91 bits per heavy atom. The first kappa shape index (κ1) is 16.5. The molecular formula is C16H25N3O3. The van der Waals surface area contributed by atoms with Gasteiger partial charge in [0.05, 0.1) is 17.3 Å². The van der Waals surface area contributed by atoms with Gasteiger partial charge in [0.25, 0.3) is 5.91 Å². The summed E-state index contributed by atoms with van der Waals surface area (Å²) in [5.41, 5.74) is 1.37. The van der Waals surface area contributed by atoms with Gasteiger partial charge in [-0.05, 0) is 46.5 Å². The van der Waals surface area contributed by atoms with Crippen molar-refractivity contribution in [2.75, 3.05) is 13.1 Å². The Morgan fingerprint density at radius 1 is 1.32 bits per heavy atom. The van der Waals surface area contributed by atoms with Gasteiger partial charge in [0.2, 0.25) is 0 Å². The normalized spacial score (nSPS) is 16.8. The molecule has 0 radical (unpaired) electrons. The van der Waals surface area contributed by atoms with Gasteiger partial charge < -0.3 is 10.0 Å². The van der Waals surface area contributed by atoms with E-state index >= 15 is 0 Å². The van der Waals surface area contributed by atoms with Crippen LogP contribution in [0.3, 0.4) is 0 Å². The van der Waals surface area contributed by atoms with Crippen LogP contribution in [0.2, 0.25) is 0 Å². The molecule has 1 amide bonds. The Hall–Kier alpha value is -1.85. The molecule has 1 aromatic rings. The van der Waals surface area contributed by atoms with Crippen LogP contribution in [0.1, 0.15) is 56.1 Å². The fourth-order valence-corrected chi connectivity index (χ4v) is 3.05. The summed E-state index contributed by atoms with van der Waals surface area (Å²) < 4.78 is 1.87. The molecule has 2 heterocycles. The standard InChI is InChI=1S/C16H25N3O3/c1-11-13(10-17-19(11)16(2,3)4)15(22)18-7-5-12(6-8-18)9-14(20)21/h10,12H,5-9H2,1-4H3,(H,20,21). The number of amides is 1. The Morgan fingerprint density at radius 3 is 2.36 bits per heavy atom. The van der Waals surface area contributed by atoms with Crippen LogP contribution in [-0.2, 0) is 10.3 Å². The largest absolute Gasteiger partial charge is 0.481 e. The van der Waals surface area contributed by atoms with E-state index in [2.05, 4.69) is 25.9 Å². The van der Waals surface area contributed by atoms with Crippen LogP contribution < -0.4 is 0 Å². The molecule has 2 rings (SSSR count). The van der Waals surface area contributed by atoms with Gasteiger partial charge in [0.1, 0.15) is 0 Å². The second-order valence-electron chi connectivity index (χ2n) is 7.06. The van der Waals surface area contributed by atoms with E-state index in [4.69, 9.17) is 5.11 Å². The lowest BCUT2D eigenvalue weighted by Gasteiger charge is -2.31. The van der Waals surface area contributed by atoms with E-state index in [0.717, 1.165) is 18.5 Å². The van der Waals surface area contributed by atoms with E-state index in [1.54, 1.807) is 6.20 Å². The highest BCUT2D eigenvalue weighted by Gasteiger charge is 2.28. The number of rotatable bonds is 3.